The number of anilines is 1. The van der Waals surface area contributed by atoms with E-state index in [0.717, 1.165) is 5.56 Å². The van der Waals surface area contributed by atoms with Crippen molar-refractivity contribution in [1.82, 2.24) is 14.9 Å². The van der Waals surface area contributed by atoms with Crippen molar-refractivity contribution in [2.24, 2.45) is 7.05 Å². The molecule has 2 heterocycles. The molecule has 1 atom stereocenters. The molecule has 6 nitrogen and oxygen atoms in total. The molecule has 1 aliphatic rings. The zero-order valence-electron chi connectivity index (χ0n) is 16.4. The SMILES string of the molecule is Cn1ccnc1C(NC(=O)c1ccc2c(c1)NC(=O)C2(C)C)c1ccccc1F. The van der Waals surface area contributed by atoms with Gasteiger partial charge in [-0.1, -0.05) is 24.3 Å². The summed E-state index contributed by atoms with van der Waals surface area (Å²) in [4.78, 5) is 29.5. The van der Waals surface area contributed by atoms with E-state index in [2.05, 4.69) is 15.6 Å². The van der Waals surface area contributed by atoms with Crippen LogP contribution in [0.3, 0.4) is 0 Å². The second-order valence-electron chi connectivity index (χ2n) is 7.66. The molecule has 7 heteroatoms. The number of aromatic nitrogens is 2. The van der Waals surface area contributed by atoms with Crippen LogP contribution in [-0.4, -0.2) is 21.4 Å². The molecule has 0 bridgehead atoms. The molecule has 0 saturated carbocycles. The number of hydrogen-bond acceptors (Lipinski definition) is 3. The Kier molecular flexibility index (Phi) is 4.45. The number of nitrogens with zero attached hydrogens (tertiary/aromatic N) is 2. The summed E-state index contributed by atoms with van der Waals surface area (Å²) in [7, 11) is 1.79. The molecule has 148 valence electrons. The normalized spacial score (nSPS) is 15.5. The quantitative estimate of drug-likeness (QED) is 0.715. The van der Waals surface area contributed by atoms with E-state index < -0.39 is 17.3 Å². The molecular formula is C22H21FN4O2. The Balaban J connectivity index is 1.68. The summed E-state index contributed by atoms with van der Waals surface area (Å²) in [6, 6.07) is 10.6. The van der Waals surface area contributed by atoms with Gasteiger partial charge in [-0.05, 0) is 37.6 Å². The van der Waals surface area contributed by atoms with Gasteiger partial charge in [0.25, 0.3) is 5.91 Å². The van der Waals surface area contributed by atoms with Crippen LogP contribution in [0.1, 0.15) is 47.2 Å². The highest BCUT2D eigenvalue weighted by Gasteiger charge is 2.38. The van der Waals surface area contributed by atoms with Gasteiger partial charge in [-0.2, -0.15) is 0 Å². The van der Waals surface area contributed by atoms with Crippen molar-refractivity contribution < 1.29 is 14.0 Å². The molecule has 0 radical (unpaired) electrons. The third kappa shape index (κ3) is 3.18. The summed E-state index contributed by atoms with van der Waals surface area (Å²) in [5.41, 5.74) is 1.51. The predicted octanol–water partition coefficient (Wildman–Crippen LogP) is 3.31. The summed E-state index contributed by atoms with van der Waals surface area (Å²) in [6.07, 6.45) is 3.34. The lowest BCUT2D eigenvalue weighted by atomic mass is 9.86. The molecule has 2 N–H and O–H groups in total. The maximum Gasteiger partial charge on any atom is 0.252 e. The van der Waals surface area contributed by atoms with E-state index >= 15 is 0 Å². The number of nitrogens with one attached hydrogen (secondary N) is 2. The first kappa shape index (κ1) is 18.9. The van der Waals surface area contributed by atoms with Gasteiger partial charge in [0, 0.05) is 36.3 Å². The minimum absolute atomic E-state index is 0.109. The highest BCUT2D eigenvalue weighted by atomic mass is 19.1. The molecule has 1 unspecified atom stereocenters. The molecular weight excluding hydrogens is 371 g/mol. The molecule has 3 aromatic rings. The zero-order chi connectivity index (χ0) is 20.8. The molecule has 0 aliphatic carbocycles. The fourth-order valence-electron chi connectivity index (χ4n) is 3.60. The Labute approximate surface area is 167 Å². The third-order valence-corrected chi connectivity index (χ3v) is 5.38. The molecule has 4 rings (SSSR count). The van der Waals surface area contributed by atoms with Crippen LogP contribution < -0.4 is 10.6 Å². The summed E-state index contributed by atoms with van der Waals surface area (Å²) >= 11 is 0. The van der Waals surface area contributed by atoms with Crippen molar-refractivity contribution in [3.8, 4) is 0 Å². The maximum absolute atomic E-state index is 14.5. The molecule has 1 aromatic heterocycles. The first-order valence-electron chi connectivity index (χ1n) is 9.27. The monoisotopic (exact) mass is 392 g/mol. The van der Waals surface area contributed by atoms with Crippen LogP contribution in [0.2, 0.25) is 0 Å². The highest BCUT2D eigenvalue weighted by molar-refractivity contribution is 6.07. The molecule has 2 aromatic carbocycles. The first-order valence-corrected chi connectivity index (χ1v) is 9.27. The topological polar surface area (TPSA) is 76.0 Å². The van der Waals surface area contributed by atoms with Crippen LogP contribution in [0.15, 0.2) is 54.9 Å². The van der Waals surface area contributed by atoms with Crippen molar-refractivity contribution in [3.63, 3.8) is 0 Å². The lowest BCUT2D eigenvalue weighted by molar-refractivity contribution is -0.119. The van der Waals surface area contributed by atoms with Gasteiger partial charge in [0.05, 0.1) is 5.41 Å². The molecule has 29 heavy (non-hydrogen) atoms. The van der Waals surface area contributed by atoms with Gasteiger partial charge < -0.3 is 15.2 Å². The number of aryl methyl sites for hydroxylation is 1. The van der Waals surface area contributed by atoms with E-state index in [1.165, 1.54) is 6.07 Å². The predicted molar refractivity (Wildman–Crippen MR) is 107 cm³/mol. The van der Waals surface area contributed by atoms with Gasteiger partial charge in [-0.15, -0.1) is 0 Å². The Morgan fingerprint density at radius 1 is 1.24 bits per heavy atom. The van der Waals surface area contributed by atoms with Crippen molar-refractivity contribution in [3.05, 3.63) is 83.2 Å². The maximum atomic E-state index is 14.5. The standard InChI is InChI=1S/C22H21FN4O2/c1-22(2)15-9-8-13(12-17(15)25-21(22)29)20(28)26-18(19-24-10-11-27(19)3)14-6-4-5-7-16(14)23/h4-12,18H,1-3H3,(H,25,29)(H,26,28). The Hall–Kier alpha value is -3.48. The molecule has 0 saturated heterocycles. The van der Waals surface area contributed by atoms with Crippen LogP contribution in [0, 0.1) is 5.82 Å². The van der Waals surface area contributed by atoms with Crippen molar-refractivity contribution in [2.75, 3.05) is 5.32 Å². The van der Waals surface area contributed by atoms with E-state index in [1.54, 1.807) is 60.4 Å². The van der Waals surface area contributed by atoms with E-state index in [0.29, 0.717) is 22.6 Å². The number of imidazole rings is 1. The van der Waals surface area contributed by atoms with Crippen LogP contribution in [0.4, 0.5) is 10.1 Å². The average Bonchev–Trinajstić information content (AvgIpc) is 3.20. The van der Waals surface area contributed by atoms with Crippen LogP contribution in [-0.2, 0) is 17.3 Å². The van der Waals surface area contributed by atoms with E-state index in [1.807, 2.05) is 13.8 Å². The number of benzene rings is 2. The summed E-state index contributed by atoms with van der Waals surface area (Å²) in [6.45, 7) is 3.67. The van der Waals surface area contributed by atoms with E-state index in [9.17, 15) is 14.0 Å². The molecule has 2 amide bonds. The summed E-state index contributed by atoms with van der Waals surface area (Å²) < 4.78 is 16.2. The number of halogens is 1. The number of carbonyl (C=O) groups is 2. The lowest BCUT2D eigenvalue weighted by Gasteiger charge is -2.20. The van der Waals surface area contributed by atoms with Gasteiger partial charge >= 0.3 is 0 Å². The first-order chi connectivity index (χ1) is 13.8. The molecule has 0 fully saturated rings. The summed E-state index contributed by atoms with van der Waals surface area (Å²) in [5, 5.41) is 5.70. The molecule has 1 aliphatic heterocycles. The van der Waals surface area contributed by atoms with E-state index in [4.69, 9.17) is 0 Å². The lowest BCUT2D eigenvalue weighted by Crippen LogP contribution is -2.31. The van der Waals surface area contributed by atoms with Crippen molar-refractivity contribution in [2.45, 2.75) is 25.3 Å². The van der Waals surface area contributed by atoms with Gasteiger partial charge in [-0.25, -0.2) is 9.37 Å². The Morgan fingerprint density at radius 2 is 2.00 bits per heavy atom. The minimum Gasteiger partial charge on any atom is -0.338 e. The van der Waals surface area contributed by atoms with Crippen molar-refractivity contribution >= 4 is 17.5 Å². The fraction of sp³-hybridized carbons (Fsp3) is 0.227. The minimum atomic E-state index is -0.761. The second kappa shape index (κ2) is 6.84. The number of hydrogen-bond donors (Lipinski definition) is 2. The Morgan fingerprint density at radius 3 is 2.69 bits per heavy atom. The number of carbonyl (C=O) groups excluding carboxylic acids is 2. The second-order valence-corrected chi connectivity index (χ2v) is 7.66. The number of amides is 2. The van der Waals surface area contributed by atoms with E-state index in [-0.39, 0.29) is 11.8 Å². The summed E-state index contributed by atoms with van der Waals surface area (Å²) in [5.74, 6) is -0.409. The fourth-order valence-corrected chi connectivity index (χ4v) is 3.60. The van der Waals surface area contributed by atoms with Crippen LogP contribution in [0.25, 0.3) is 0 Å². The molecule has 0 spiro atoms. The van der Waals surface area contributed by atoms with Gasteiger partial charge in [0.15, 0.2) is 0 Å². The highest BCUT2D eigenvalue weighted by Crippen LogP contribution is 2.37. The average molecular weight is 392 g/mol. The number of fused-ring (bicyclic) bond motifs is 1. The van der Waals surface area contributed by atoms with Gasteiger partial charge in [0.1, 0.15) is 17.7 Å². The smallest absolute Gasteiger partial charge is 0.252 e. The largest absolute Gasteiger partial charge is 0.338 e. The van der Waals surface area contributed by atoms with Crippen molar-refractivity contribution in [1.29, 1.82) is 0 Å². The van der Waals surface area contributed by atoms with Crippen LogP contribution in [0.5, 0.6) is 0 Å². The zero-order valence-corrected chi connectivity index (χ0v) is 16.4. The Bertz CT molecular complexity index is 1120. The van der Waals surface area contributed by atoms with Crippen LogP contribution >= 0.6 is 0 Å². The number of rotatable bonds is 4. The van der Waals surface area contributed by atoms with Gasteiger partial charge in [-0.3, -0.25) is 9.59 Å². The van der Waals surface area contributed by atoms with Gasteiger partial charge in [0.2, 0.25) is 5.91 Å². The third-order valence-electron chi connectivity index (χ3n) is 5.38.